The summed E-state index contributed by atoms with van der Waals surface area (Å²) < 4.78 is 0.716. The van der Waals surface area contributed by atoms with Crippen LogP contribution >= 0.6 is 27.5 Å². The summed E-state index contributed by atoms with van der Waals surface area (Å²) in [5.74, 6) is -2.02. The van der Waals surface area contributed by atoms with Gasteiger partial charge in [-0.05, 0) is 52.9 Å². The number of carboxylic acid groups (broad SMARTS) is 1. The summed E-state index contributed by atoms with van der Waals surface area (Å²) in [6.45, 7) is 1.97. The van der Waals surface area contributed by atoms with Gasteiger partial charge in [0.25, 0.3) is 0 Å². The molecule has 0 aromatic heterocycles. The van der Waals surface area contributed by atoms with Crippen LogP contribution < -0.4 is 5.32 Å². The van der Waals surface area contributed by atoms with Crippen LogP contribution in [-0.2, 0) is 9.59 Å². The van der Waals surface area contributed by atoms with Crippen LogP contribution in [-0.4, -0.2) is 17.0 Å². The molecule has 1 aromatic rings. The first-order valence-electron chi connectivity index (χ1n) is 6.37. The van der Waals surface area contributed by atoms with Crippen LogP contribution in [0.25, 0.3) is 0 Å². The predicted octanol–water partition coefficient (Wildman–Crippen LogP) is 3.79. The van der Waals surface area contributed by atoms with Crippen LogP contribution in [0.4, 0.5) is 5.69 Å². The Hall–Kier alpha value is -1.07. The van der Waals surface area contributed by atoms with Crippen LogP contribution in [0.15, 0.2) is 22.7 Å². The van der Waals surface area contributed by atoms with Crippen molar-refractivity contribution < 1.29 is 14.7 Å². The zero-order valence-electron chi connectivity index (χ0n) is 10.9. The Morgan fingerprint density at radius 2 is 2.00 bits per heavy atom. The Kier molecular flexibility index (Phi) is 4.70. The zero-order chi connectivity index (χ0) is 14.9. The maximum absolute atomic E-state index is 12.3. The Morgan fingerprint density at radius 3 is 2.65 bits per heavy atom. The number of carbonyl (C=O) groups excluding carboxylic acids is 1. The molecule has 0 radical (unpaired) electrons. The fourth-order valence-electron chi connectivity index (χ4n) is 2.67. The van der Waals surface area contributed by atoms with Gasteiger partial charge in [-0.1, -0.05) is 18.5 Å². The Bertz CT molecular complexity index is 549. The average molecular weight is 361 g/mol. The number of nitrogens with one attached hydrogen (secondary N) is 1. The first-order valence-corrected chi connectivity index (χ1v) is 7.54. The molecule has 0 bridgehead atoms. The number of benzene rings is 1. The summed E-state index contributed by atoms with van der Waals surface area (Å²) in [7, 11) is 0. The maximum Gasteiger partial charge on any atom is 0.307 e. The third kappa shape index (κ3) is 3.33. The zero-order valence-corrected chi connectivity index (χ0v) is 13.2. The highest BCUT2D eigenvalue weighted by Crippen LogP contribution is 2.37. The SMILES string of the molecule is CC1C[C@H](C(=O)Nc2cc(Cl)ccc2Br)[C@H](C(=O)O)C1. The van der Waals surface area contributed by atoms with E-state index in [1.54, 1.807) is 18.2 Å². The normalized spacial score (nSPS) is 25.4. The van der Waals surface area contributed by atoms with E-state index >= 15 is 0 Å². The molecule has 1 aromatic carbocycles. The van der Waals surface area contributed by atoms with E-state index < -0.39 is 17.8 Å². The van der Waals surface area contributed by atoms with E-state index in [-0.39, 0.29) is 11.8 Å². The second-order valence-corrected chi connectivity index (χ2v) is 6.53. The Labute approximate surface area is 130 Å². The van der Waals surface area contributed by atoms with E-state index in [1.807, 2.05) is 6.92 Å². The van der Waals surface area contributed by atoms with E-state index in [4.69, 9.17) is 11.6 Å². The third-order valence-corrected chi connectivity index (χ3v) is 4.57. The van der Waals surface area contributed by atoms with Crippen molar-refractivity contribution in [3.8, 4) is 0 Å². The number of hydrogen-bond donors (Lipinski definition) is 2. The highest BCUT2D eigenvalue weighted by molar-refractivity contribution is 9.10. The standard InChI is InChI=1S/C14H15BrClNO3/c1-7-4-9(10(5-7)14(19)20)13(18)17-12-6-8(16)2-3-11(12)15/h2-3,6-7,9-10H,4-5H2,1H3,(H,17,18)(H,19,20)/t7?,9-,10+/m0/s1. The summed E-state index contributed by atoms with van der Waals surface area (Å²) in [4.78, 5) is 23.5. The highest BCUT2D eigenvalue weighted by atomic mass is 79.9. The van der Waals surface area contributed by atoms with E-state index in [2.05, 4.69) is 21.2 Å². The van der Waals surface area contributed by atoms with Gasteiger partial charge in [-0.2, -0.15) is 0 Å². The van der Waals surface area contributed by atoms with Crippen molar-refractivity contribution in [2.24, 2.45) is 17.8 Å². The first-order chi connectivity index (χ1) is 9.38. The molecule has 0 heterocycles. The molecular weight excluding hydrogens is 346 g/mol. The van der Waals surface area contributed by atoms with Crippen LogP contribution in [0, 0.1) is 17.8 Å². The quantitative estimate of drug-likeness (QED) is 0.862. The Morgan fingerprint density at radius 1 is 1.35 bits per heavy atom. The molecule has 108 valence electrons. The number of amides is 1. The van der Waals surface area contributed by atoms with Gasteiger partial charge in [0.15, 0.2) is 0 Å². The maximum atomic E-state index is 12.3. The summed E-state index contributed by atoms with van der Waals surface area (Å²) >= 11 is 9.23. The third-order valence-electron chi connectivity index (χ3n) is 3.64. The summed E-state index contributed by atoms with van der Waals surface area (Å²) in [6, 6.07) is 5.08. The molecule has 0 saturated heterocycles. The average Bonchev–Trinajstić information content (AvgIpc) is 2.76. The number of carboxylic acids is 1. The molecule has 1 aliphatic carbocycles. The van der Waals surface area contributed by atoms with E-state index in [0.29, 0.717) is 28.0 Å². The van der Waals surface area contributed by atoms with Crippen molar-refractivity contribution in [1.29, 1.82) is 0 Å². The second kappa shape index (κ2) is 6.14. The van der Waals surface area contributed by atoms with Crippen molar-refractivity contribution in [3.63, 3.8) is 0 Å². The summed E-state index contributed by atoms with van der Waals surface area (Å²) in [5, 5.41) is 12.5. The van der Waals surface area contributed by atoms with Crippen molar-refractivity contribution >= 4 is 45.1 Å². The number of hydrogen-bond acceptors (Lipinski definition) is 2. The van der Waals surface area contributed by atoms with E-state index in [0.717, 1.165) is 0 Å². The minimum atomic E-state index is -0.903. The molecule has 6 heteroatoms. The van der Waals surface area contributed by atoms with Crippen molar-refractivity contribution in [2.45, 2.75) is 19.8 Å². The molecule has 4 nitrogen and oxygen atoms in total. The molecule has 0 spiro atoms. The van der Waals surface area contributed by atoms with Crippen LogP contribution in [0.5, 0.6) is 0 Å². The fourth-order valence-corrected chi connectivity index (χ4v) is 3.19. The minimum absolute atomic E-state index is 0.245. The molecule has 2 rings (SSSR count). The molecule has 1 unspecified atom stereocenters. The largest absolute Gasteiger partial charge is 0.481 e. The monoisotopic (exact) mass is 359 g/mol. The molecule has 20 heavy (non-hydrogen) atoms. The lowest BCUT2D eigenvalue weighted by Crippen LogP contribution is -2.30. The number of rotatable bonds is 3. The minimum Gasteiger partial charge on any atom is -0.481 e. The molecule has 2 N–H and O–H groups in total. The number of carbonyl (C=O) groups is 2. The van der Waals surface area contributed by atoms with Gasteiger partial charge in [0.05, 0.1) is 17.5 Å². The van der Waals surface area contributed by atoms with Gasteiger partial charge in [0.2, 0.25) is 5.91 Å². The van der Waals surface area contributed by atoms with Crippen molar-refractivity contribution in [3.05, 3.63) is 27.7 Å². The van der Waals surface area contributed by atoms with Gasteiger partial charge in [-0.3, -0.25) is 9.59 Å². The number of anilines is 1. The highest BCUT2D eigenvalue weighted by Gasteiger charge is 2.41. The van der Waals surface area contributed by atoms with Gasteiger partial charge in [0.1, 0.15) is 0 Å². The lowest BCUT2D eigenvalue weighted by molar-refractivity contribution is -0.145. The molecule has 0 aliphatic heterocycles. The predicted molar refractivity (Wildman–Crippen MR) is 80.8 cm³/mol. The lowest BCUT2D eigenvalue weighted by atomic mass is 9.95. The molecule has 1 saturated carbocycles. The first kappa shape index (κ1) is 15.3. The Balaban J connectivity index is 2.15. The smallest absolute Gasteiger partial charge is 0.307 e. The van der Waals surface area contributed by atoms with Crippen molar-refractivity contribution in [1.82, 2.24) is 0 Å². The second-order valence-electron chi connectivity index (χ2n) is 5.24. The number of halogens is 2. The van der Waals surface area contributed by atoms with Gasteiger partial charge in [-0.25, -0.2) is 0 Å². The lowest BCUT2D eigenvalue weighted by Gasteiger charge is -2.16. The van der Waals surface area contributed by atoms with Crippen LogP contribution in [0.1, 0.15) is 19.8 Å². The van der Waals surface area contributed by atoms with Crippen molar-refractivity contribution in [2.75, 3.05) is 5.32 Å². The van der Waals surface area contributed by atoms with E-state index in [1.165, 1.54) is 0 Å². The van der Waals surface area contributed by atoms with Gasteiger partial charge in [-0.15, -0.1) is 0 Å². The van der Waals surface area contributed by atoms with E-state index in [9.17, 15) is 14.7 Å². The molecule has 1 aliphatic rings. The fraction of sp³-hybridized carbons (Fsp3) is 0.429. The molecule has 1 amide bonds. The van der Waals surface area contributed by atoms with Gasteiger partial charge < -0.3 is 10.4 Å². The topological polar surface area (TPSA) is 66.4 Å². The molecule has 3 atom stereocenters. The van der Waals surface area contributed by atoms with Gasteiger partial charge in [0, 0.05) is 9.50 Å². The summed E-state index contributed by atoms with van der Waals surface area (Å²) in [5.41, 5.74) is 0.561. The summed E-state index contributed by atoms with van der Waals surface area (Å²) in [6.07, 6.45) is 1.14. The van der Waals surface area contributed by atoms with Crippen LogP contribution in [0.2, 0.25) is 5.02 Å². The molecular formula is C14H15BrClNO3. The molecule has 1 fully saturated rings. The van der Waals surface area contributed by atoms with Gasteiger partial charge >= 0.3 is 5.97 Å². The van der Waals surface area contributed by atoms with Crippen LogP contribution in [0.3, 0.4) is 0 Å². The number of aliphatic carboxylic acids is 1.